The van der Waals surface area contributed by atoms with Gasteiger partial charge in [0.25, 0.3) is 0 Å². The van der Waals surface area contributed by atoms with Crippen molar-refractivity contribution in [2.24, 2.45) is 5.73 Å². The molecule has 3 nitrogen and oxygen atoms in total. The number of nitrogens with two attached hydrogens (primary N) is 1. The lowest BCUT2D eigenvalue weighted by Gasteiger charge is -2.41. The molecule has 3 heteroatoms. The summed E-state index contributed by atoms with van der Waals surface area (Å²) < 4.78 is 5.43. The normalized spacial score (nSPS) is 21.0. The Morgan fingerprint density at radius 1 is 1.19 bits per heavy atom. The van der Waals surface area contributed by atoms with Crippen LogP contribution in [0.5, 0.6) is 0 Å². The zero-order valence-electron chi connectivity index (χ0n) is 11.0. The maximum Gasteiger partial charge on any atom is 0.0593 e. The lowest BCUT2D eigenvalue weighted by atomic mass is 9.88. The summed E-state index contributed by atoms with van der Waals surface area (Å²) in [5.41, 5.74) is 6.27. The van der Waals surface area contributed by atoms with Crippen LogP contribution < -0.4 is 5.73 Å². The monoisotopic (exact) mass is 228 g/mol. The summed E-state index contributed by atoms with van der Waals surface area (Å²) in [6.07, 6.45) is 7.92. The van der Waals surface area contributed by atoms with Crippen LogP contribution in [0.2, 0.25) is 0 Å². The molecule has 1 aliphatic carbocycles. The van der Waals surface area contributed by atoms with E-state index in [0.717, 1.165) is 26.3 Å². The largest absolute Gasteiger partial charge is 0.380 e. The lowest BCUT2D eigenvalue weighted by Crippen LogP contribution is -2.52. The lowest BCUT2D eigenvalue weighted by molar-refractivity contribution is 0.0586. The van der Waals surface area contributed by atoms with Crippen molar-refractivity contribution < 1.29 is 4.74 Å². The smallest absolute Gasteiger partial charge is 0.0593 e. The minimum atomic E-state index is 0.244. The molecule has 0 bridgehead atoms. The van der Waals surface area contributed by atoms with Gasteiger partial charge < -0.3 is 10.5 Å². The molecule has 0 aromatic rings. The highest BCUT2D eigenvalue weighted by Gasteiger charge is 2.33. The highest BCUT2D eigenvalue weighted by Crippen LogP contribution is 2.30. The van der Waals surface area contributed by atoms with Crippen LogP contribution in [-0.2, 0) is 4.74 Å². The van der Waals surface area contributed by atoms with Crippen LogP contribution in [0.1, 0.15) is 45.4 Å². The minimum absolute atomic E-state index is 0.244. The zero-order valence-corrected chi connectivity index (χ0v) is 11.0. The molecule has 16 heavy (non-hydrogen) atoms. The van der Waals surface area contributed by atoms with E-state index in [1.165, 1.54) is 38.5 Å². The van der Waals surface area contributed by atoms with E-state index >= 15 is 0 Å². The van der Waals surface area contributed by atoms with Crippen molar-refractivity contribution in [2.75, 3.05) is 33.4 Å². The summed E-state index contributed by atoms with van der Waals surface area (Å²) in [6.45, 7) is 5.48. The van der Waals surface area contributed by atoms with Crippen molar-refractivity contribution in [3.63, 3.8) is 0 Å². The standard InChI is InChI=1S/C13H28N2O/c1-3-16-11-10-15(2)13(12-14)8-6-4-5-7-9-13/h3-12,14H2,1-2H3. The Morgan fingerprint density at radius 2 is 1.81 bits per heavy atom. The van der Waals surface area contributed by atoms with Gasteiger partial charge >= 0.3 is 0 Å². The fraction of sp³-hybridized carbons (Fsp3) is 1.00. The Morgan fingerprint density at radius 3 is 2.31 bits per heavy atom. The van der Waals surface area contributed by atoms with Gasteiger partial charge in [-0.1, -0.05) is 25.7 Å². The third-order valence-electron chi connectivity index (χ3n) is 4.00. The van der Waals surface area contributed by atoms with Crippen molar-refractivity contribution in [1.29, 1.82) is 0 Å². The van der Waals surface area contributed by atoms with Crippen molar-refractivity contribution in [3.8, 4) is 0 Å². The second-order valence-corrected chi connectivity index (χ2v) is 4.96. The van der Waals surface area contributed by atoms with Crippen LogP contribution in [0.15, 0.2) is 0 Å². The van der Waals surface area contributed by atoms with Crippen molar-refractivity contribution in [1.82, 2.24) is 4.90 Å². The van der Waals surface area contributed by atoms with E-state index in [4.69, 9.17) is 10.5 Å². The molecule has 1 aliphatic rings. The summed E-state index contributed by atoms with van der Waals surface area (Å²) in [7, 11) is 2.21. The van der Waals surface area contributed by atoms with Gasteiger partial charge in [-0.2, -0.15) is 0 Å². The topological polar surface area (TPSA) is 38.5 Å². The molecule has 1 rings (SSSR count). The van der Waals surface area contributed by atoms with E-state index < -0.39 is 0 Å². The van der Waals surface area contributed by atoms with Gasteiger partial charge in [0.15, 0.2) is 0 Å². The van der Waals surface area contributed by atoms with E-state index in [2.05, 4.69) is 11.9 Å². The molecule has 0 unspecified atom stereocenters. The predicted octanol–water partition coefficient (Wildman–Crippen LogP) is 2.01. The molecular weight excluding hydrogens is 200 g/mol. The SMILES string of the molecule is CCOCCN(C)C1(CN)CCCCCC1. The Hall–Kier alpha value is -0.120. The van der Waals surface area contributed by atoms with Crippen LogP contribution in [0.3, 0.4) is 0 Å². The molecule has 0 aromatic carbocycles. The fourth-order valence-electron chi connectivity index (χ4n) is 2.71. The van der Waals surface area contributed by atoms with Gasteiger partial charge in [0.05, 0.1) is 6.61 Å². The second-order valence-electron chi connectivity index (χ2n) is 4.96. The molecule has 0 aromatic heterocycles. The van der Waals surface area contributed by atoms with Crippen LogP contribution in [0.4, 0.5) is 0 Å². The fourth-order valence-corrected chi connectivity index (χ4v) is 2.71. The van der Waals surface area contributed by atoms with Gasteiger partial charge in [-0.15, -0.1) is 0 Å². The van der Waals surface area contributed by atoms with Gasteiger partial charge in [-0.05, 0) is 26.8 Å². The molecule has 0 atom stereocenters. The predicted molar refractivity (Wildman–Crippen MR) is 68.6 cm³/mol. The zero-order chi connectivity index (χ0) is 11.9. The molecule has 0 heterocycles. The van der Waals surface area contributed by atoms with Gasteiger partial charge in [0.2, 0.25) is 0 Å². The van der Waals surface area contributed by atoms with E-state index in [1.54, 1.807) is 0 Å². The van der Waals surface area contributed by atoms with Crippen LogP contribution >= 0.6 is 0 Å². The molecule has 1 fully saturated rings. The Labute approximate surface area is 100 Å². The number of rotatable bonds is 6. The van der Waals surface area contributed by atoms with E-state index in [-0.39, 0.29) is 5.54 Å². The number of ether oxygens (including phenoxy) is 1. The van der Waals surface area contributed by atoms with E-state index in [0.29, 0.717) is 0 Å². The summed E-state index contributed by atoms with van der Waals surface area (Å²) in [4.78, 5) is 2.44. The second kappa shape index (κ2) is 7.25. The molecule has 0 saturated heterocycles. The highest BCUT2D eigenvalue weighted by atomic mass is 16.5. The van der Waals surface area contributed by atoms with Crippen molar-refractivity contribution in [2.45, 2.75) is 51.0 Å². The molecule has 0 amide bonds. The van der Waals surface area contributed by atoms with Crippen molar-refractivity contribution >= 4 is 0 Å². The highest BCUT2D eigenvalue weighted by molar-refractivity contribution is 4.91. The van der Waals surface area contributed by atoms with Crippen molar-refractivity contribution in [3.05, 3.63) is 0 Å². The minimum Gasteiger partial charge on any atom is -0.380 e. The van der Waals surface area contributed by atoms with Gasteiger partial charge in [0, 0.05) is 25.2 Å². The van der Waals surface area contributed by atoms with Gasteiger partial charge in [-0.25, -0.2) is 0 Å². The first-order chi connectivity index (χ1) is 7.75. The third kappa shape index (κ3) is 3.72. The number of hydrogen-bond acceptors (Lipinski definition) is 3. The maximum absolute atomic E-state index is 6.03. The van der Waals surface area contributed by atoms with Crippen LogP contribution in [-0.4, -0.2) is 43.8 Å². The summed E-state index contributed by atoms with van der Waals surface area (Å²) in [5, 5.41) is 0. The summed E-state index contributed by atoms with van der Waals surface area (Å²) in [5.74, 6) is 0. The molecule has 0 radical (unpaired) electrons. The molecule has 0 spiro atoms. The number of nitrogens with zero attached hydrogens (tertiary/aromatic N) is 1. The Bertz CT molecular complexity index is 177. The molecule has 0 aliphatic heterocycles. The van der Waals surface area contributed by atoms with E-state index in [1.807, 2.05) is 6.92 Å². The van der Waals surface area contributed by atoms with Crippen LogP contribution in [0, 0.1) is 0 Å². The first kappa shape index (κ1) is 13.9. The first-order valence-corrected chi connectivity index (χ1v) is 6.74. The summed E-state index contributed by atoms with van der Waals surface area (Å²) >= 11 is 0. The third-order valence-corrected chi connectivity index (χ3v) is 4.00. The molecule has 96 valence electrons. The first-order valence-electron chi connectivity index (χ1n) is 6.74. The summed E-state index contributed by atoms with van der Waals surface area (Å²) in [6, 6.07) is 0. The number of hydrogen-bond donors (Lipinski definition) is 1. The van der Waals surface area contributed by atoms with Crippen LogP contribution in [0.25, 0.3) is 0 Å². The van der Waals surface area contributed by atoms with Gasteiger partial charge in [0.1, 0.15) is 0 Å². The Kier molecular flexibility index (Phi) is 6.32. The Balaban J connectivity index is 2.48. The van der Waals surface area contributed by atoms with E-state index in [9.17, 15) is 0 Å². The maximum atomic E-state index is 6.03. The number of likely N-dealkylation sites (N-methyl/N-ethyl adjacent to an activating group) is 1. The average Bonchev–Trinajstić information content (AvgIpc) is 2.55. The van der Waals surface area contributed by atoms with Gasteiger partial charge in [-0.3, -0.25) is 4.90 Å². The molecular formula is C13H28N2O. The molecule has 2 N–H and O–H groups in total. The molecule has 1 saturated carbocycles. The quantitative estimate of drug-likeness (QED) is 0.558. The average molecular weight is 228 g/mol.